The molecule has 97 heavy (non-hydrogen) atoms. The lowest BCUT2D eigenvalue weighted by Gasteiger charge is -2.23. The highest BCUT2D eigenvalue weighted by Crippen LogP contribution is 2.58. The lowest BCUT2D eigenvalue weighted by Crippen LogP contribution is -2.12. The standard InChI is InChI=1S/C64H54O33/c1-27(65)79-41-15-42(80-28(2)66)17-43(16-41)93-58-52(86-34(8)72)24-47(25-53(58)87-35(9)73)96-63-57(26-56(90-38(12)76)62(91-39(13)77)64(63)92-40(14)78)97-61-54(88-36(10)74)22-46(23-55(61)89-37(11)75)95-60-50(84-32(6)70)20-45(21-51(60)85-33(7)71)94-59-48(82-30(4)68)18-44(81-29(3)67)19-49(59)83-31(5)69/h15-26H,1-14H3. The molecule has 0 heterocycles. The van der Waals surface area contributed by atoms with Crippen LogP contribution in [0.4, 0.5) is 0 Å². The first-order valence-corrected chi connectivity index (χ1v) is 27.5. The predicted octanol–water partition coefficient (Wildman–Crippen LogP) is 9.60. The van der Waals surface area contributed by atoms with Gasteiger partial charge in [0.2, 0.25) is 40.2 Å². The van der Waals surface area contributed by atoms with Crippen LogP contribution in [0.15, 0.2) is 72.8 Å². The molecule has 0 atom stereocenters. The Labute approximate surface area is 546 Å². The molecule has 0 amide bonds. The van der Waals surface area contributed by atoms with Gasteiger partial charge in [-0.2, -0.15) is 0 Å². The van der Waals surface area contributed by atoms with Gasteiger partial charge in [-0.05, 0) is 0 Å². The smallest absolute Gasteiger partial charge is 0.308 e. The number of rotatable bonds is 24. The normalized spacial score (nSPS) is 10.3. The third kappa shape index (κ3) is 21.5. The summed E-state index contributed by atoms with van der Waals surface area (Å²) >= 11 is 0. The Balaban J connectivity index is 1.65. The van der Waals surface area contributed by atoms with Gasteiger partial charge in [0.05, 0.1) is 0 Å². The van der Waals surface area contributed by atoms with Crippen molar-refractivity contribution in [1.82, 2.24) is 0 Å². The number of carbonyl (C=O) groups excluding carboxylic acids is 14. The van der Waals surface area contributed by atoms with E-state index in [-0.39, 0.29) is 23.0 Å². The van der Waals surface area contributed by atoms with Gasteiger partial charge in [-0.25, -0.2) is 0 Å². The second kappa shape index (κ2) is 32.0. The van der Waals surface area contributed by atoms with Crippen LogP contribution in [0, 0.1) is 0 Å². The average Bonchev–Trinajstić information content (AvgIpc) is 0.769. The monoisotopic (exact) mass is 1350 g/mol. The molecular formula is C64H54O33. The summed E-state index contributed by atoms with van der Waals surface area (Å²) in [4.78, 5) is 177. The van der Waals surface area contributed by atoms with Crippen LogP contribution in [0.3, 0.4) is 0 Å². The largest absolute Gasteiger partial charge is 0.449 e. The number of ether oxygens (including phenoxy) is 19. The van der Waals surface area contributed by atoms with E-state index in [1.807, 2.05) is 0 Å². The zero-order valence-corrected chi connectivity index (χ0v) is 53.4. The summed E-state index contributed by atoms with van der Waals surface area (Å²) in [6.07, 6.45) is 0. The van der Waals surface area contributed by atoms with E-state index in [1.54, 1.807) is 0 Å². The highest BCUT2D eigenvalue weighted by atomic mass is 16.6. The van der Waals surface area contributed by atoms with E-state index in [0.29, 0.717) is 0 Å². The number of carbonyl (C=O) groups is 14. The second-order valence-electron chi connectivity index (χ2n) is 19.3. The van der Waals surface area contributed by atoms with Crippen LogP contribution in [-0.4, -0.2) is 83.6 Å². The molecule has 0 radical (unpaired) electrons. The fraction of sp³-hybridized carbons (Fsp3) is 0.219. The van der Waals surface area contributed by atoms with Gasteiger partial charge in [-0.1, -0.05) is 0 Å². The molecule has 0 bridgehead atoms. The number of benzene rings is 6. The molecular weight excluding hydrogens is 1300 g/mol. The summed E-state index contributed by atoms with van der Waals surface area (Å²) in [5.41, 5.74) is 0. The molecule has 33 heteroatoms. The average molecular weight is 1350 g/mol. The van der Waals surface area contributed by atoms with Gasteiger partial charge in [0.1, 0.15) is 40.2 Å². The molecule has 0 aromatic heterocycles. The van der Waals surface area contributed by atoms with Crippen molar-refractivity contribution in [3.63, 3.8) is 0 Å². The van der Waals surface area contributed by atoms with Crippen LogP contribution in [0.1, 0.15) is 96.9 Å². The first kappa shape index (κ1) is 73.0. The van der Waals surface area contributed by atoms with Crippen molar-refractivity contribution in [2.75, 3.05) is 0 Å². The third-order valence-electron chi connectivity index (χ3n) is 10.6. The van der Waals surface area contributed by atoms with Gasteiger partial charge in [-0.3, -0.25) is 67.1 Å². The quantitative estimate of drug-likeness (QED) is 0.0402. The zero-order valence-electron chi connectivity index (χ0n) is 53.4. The molecule has 0 aliphatic carbocycles. The van der Waals surface area contributed by atoms with Crippen molar-refractivity contribution in [1.29, 1.82) is 0 Å². The molecule has 0 saturated heterocycles. The van der Waals surface area contributed by atoms with Crippen LogP contribution >= 0.6 is 0 Å². The van der Waals surface area contributed by atoms with Crippen molar-refractivity contribution in [3.05, 3.63) is 72.8 Å². The van der Waals surface area contributed by atoms with Crippen LogP contribution < -0.4 is 90.0 Å². The minimum absolute atomic E-state index is 0.230. The maximum absolute atomic E-state index is 13.1. The highest BCUT2D eigenvalue weighted by Gasteiger charge is 2.34. The molecule has 0 aliphatic rings. The Bertz CT molecular complexity index is 4080. The van der Waals surface area contributed by atoms with Crippen molar-refractivity contribution in [2.45, 2.75) is 96.9 Å². The van der Waals surface area contributed by atoms with Crippen LogP contribution in [0.25, 0.3) is 0 Å². The lowest BCUT2D eigenvalue weighted by molar-refractivity contribution is -0.135. The molecule has 0 aliphatic heterocycles. The fourth-order valence-corrected chi connectivity index (χ4v) is 7.95. The molecule has 0 spiro atoms. The van der Waals surface area contributed by atoms with E-state index in [4.69, 9.17) is 90.0 Å². The maximum Gasteiger partial charge on any atom is 0.308 e. The first-order valence-electron chi connectivity index (χ1n) is 27.5. The first-order chi connectivity index (χ1) is 45.5. The Hall–Kier alpha value is -13.1. The highest BCUT2D eigenvalue weighted by molar-refractivity contribution is 5.84. The van der Waals surface area contributed by atoms with Gasteiger partial charge in [0, 0.05) is 170 Å². The minimum atomic E-state index is -1.20. The summed E-state index contributed by atoms with van der Waals surface area (Å²) in [6, 6.07) is 11.7. The van der Waals surface area contributed by atoms with Crippen LogP contribution in [0.5, 0.6) is 138 Å². The minimum Gasteiger partial charge on any atom is -0.449 e. The van der Waals surface area contributed by atoms with E-state index in [1.165, 1.54) is 0 Å². The Morgan fingerprint density at radius 1 is 0.155 bits per heavy atom. The van der Waals surface area contributed by atoms with E-state index < -0.39 is 199 Å². The molecule has 0 unspecified atom stereocenters. The Morgan fingerprint density at radius 3 is 0.577 bits per heavy atom. The van der Waals surface area contributed by atoms with Crippen LogP contribution in [-0.2, 0) is 67.1 Å². The van der Waals surface area contributed by atoms with Gasteiger partial charge in [0.15, 0.2) is 57.5 Å². The van der Waals surface area contributed by atoms with E-state index in [9.17, 15) is 67.1 Å². The summed E-state index contributed by atoms with van der Waals surface area (Å²) in [7, 11) is 0. The summed E-state index contributed by atoms with van der Waals surface area (Å²) in [5.74, 6) is -29.1. The number of hydrogen-bond acceptors (Lipinski definition) is 33. The molecule has 0 fully saturated rings. The summed E-state index contributed by atoms with van der Waals surface area (Å²) in [6.45, 7) is 13.4. The van der Waals surface area contributed by atoms with Gasteiger partial charge in [-0.15, -0.1) is 0 Å². The molecule has 6 aromatic rings. The zero-order chi connectivity index (χ0) is 71.9. The molecule has 508 valence electrons. The van der Waals surface area contributed by atoms with E-state index in [0.717, 1.165) is 170 Å². The van der Waals surface area contributed by atoms with Gasteiger partial charge < -0.3 is 90.0 Å². The SMILES string of the molecule is CC(=O)Oc1cc(OC(C)=O)cc(Oc2c(OC(C)=O)cc(Oc3c(Oc4c(OC(C)=O)cc(Oc5c(OC(C)=O)cc(Oc6c(OC(C)=O)cc(OC(C)=O)cc6OC(C)=O)cc5OC(C)=O)cc4OC(C)=O)cc(OC(C)=O)c(OC(C)=O)c3OC(C)=O)cc2OC(C)=O)c1. The Morgan fingerprint density at radius 2 is 0.330 bits per heavy atom. The van der Waals surface area contributed by atoms with E-state index in [2.05, 4.69) is 0 Å². The molecule has 6 aromatic carbocycles. The van der Waals surface area contributed by atoms with Gasteiger partial charge in [0.25, 0.3) is 0 Å². The van der Waals surface area contributed by atoms with Crippen molar-refractivity contribution < 1.29 is 157 Å². The van der Waals surface area contributed by atoms with Crippen molar-refractivity contribution >= 4 is 83.6 Å². The number of esters is 14. The summed E-state index contributed by atoms with van der Waals surface area (Å²) in [5, 5.41) is 0. The number of hydrogen-bond donors (Lipinski definition) is 0. The molecule has 0 saturated carbocycles. The lowest BCUT2D eigenvalue weighted by atomic mass is 10.2. The van der Waals surface area contributed by atoms with E-state index >= 15 is 0 Å². The van der Waals surface area contributed by atoms with Gasteiger partial charge >= 0.3 is 83.6 Å². The predicted molar refractivity (Wildman–Crippen MR) is 317 cm³/mol. The van der Waals surface area contributed by atoms with Crippen molar-refractivity contribution in [2.24, 2.45) is 0 Å². The fourth-order valence-electron chi connectivity index (χ4n) is 7.95. The molecule has 0 N–H and O–H groups in total. The Kier molecular flexibility index (Phi) is 24.0. The molecule has 6 rings (SSSR count). The second-order valence-corrected chi connectivity index (χ2v) is 19.3. The third-order valence-corrected chi connectivity index (χ3v) is 10.6. The summed E-state index contributed by atoms with van der Waals surface area (Å²) < 4.78 is 107. The van der Waals surface area contributed by atoms with Crippen molar-refractivity contribution in [3.8, 4) is 138 Å². The van der Waals surface area contributed by atoms with Crippen LogP contribution in [0.2, 0.25) is 0 Å². The molecule has 33 nitrogen and oxygen atoms in total. The maximum atomic E-state index is 13.1. The topological polar surface area (TPSA) is 414 Å².